The van der Waals surface area contributed by atoms with Crippen LogP contribution in [-0.4, -0.2) is 24.3 Å². The predicted molar refractivity (Wildman–Crippen MR) is 76.6 cm³/mol. The minimum absolute atomic E-state index is 0.0268. The third-order valence-corrected chi connectivity index (χ3v) is 4.02. The van der Waals surface area contributed by atoms with Crippen LogP contribution in [0.5, 0.6) is 0 Å². The quantitative estimate of drug-likeness (QED) is 0.434. The summed E-state index contributed by atoms with van der Waals surface area (Å²) in [6, 6.07) is 0. The van der Waals surface area contributed by atoms with E-state index in [0.29, 0.717) is 17.8 Å². The van der Waals surface area contributed by atoms with Gasteiger partial charge in [0.15, 0.2) is 0 Å². The summed E-state index contributed by atoms with van der Waals surface area (Å²) in [4.78, 5) is 0. The van der Waals surface area contributed by atoms with E-state index in [4.69, 9.17) is 0 Å². The highest BCUT2D eigenvalue weighted by molar-refractivity contribution is 4.59. The van der Waals surface area contributed by atoms with Crippen molar-refractivity contribution >= 4 is 0 Å². The molecule has 0 fully saturated rings. The van der Waals surface area contributed by atoms with E-state index in [0.717, 1.165) is 38.9 Å². The molecule has 0 rings (SSSR count). The van der Waals surface area contributed by atoms with Crippen LogP contribution in [0.4, 0.5) is 0 Å². The second-order valence-electron chi connectivity index (χ2n) is 6.15. The fraction of sp³-hybridized carbons (Fsp3) is 1.00. The monoisotopic (exact) mass is 243 g/mol. The lowest BCUT2D eigenvalue weighted by molar-refractivity contribution is -0.890. The van der Waals surface area contributed by atoms with Gasteiger partial charge >= 0.3 is 0 Å². The van der Waals surface area contributed by atoms with E-state index in [9.17, 15) is 5.21 Å². The molecule has 0 aliphatic heterocycles. The molecular formula is C15H33NO. The lowest BCUT2D eigenvalue weighted by atomic mass is 10.0. The summed E-state index contributed by atoms with van der Waals surface area (Å²) in [5.74, 6) is 1.63. The largest absolute Gasteiger partial charge is 0.633 e. The third kappa shape index (κ3) is 7.05. The number of quaternary nitrogens is 1. The molecule has 0 aromatic carbocycles. The Kier molecular flexibility index (Phi) is 8.06. The average Bonchev–Trinajstić information content (AvgIpc) is 2.27. The Morgan fingerprint density at radius 3 is 1.12 bits per heavy atom. The van der Waals surface area contributed by atoms with E-state index in [-0.39, 0.29) is 4.65 Å². The van der Waals surface area contributed by atoms with Gasteiger partial charge in [0.1, 0.15) is 0 Å². The molecule has 2 nitrogen and oxygen atoms in total. The molecule has 104 valence electrons. The molecule has 2 heteroatoms. The van der Waals surface area contributed by atoms with E-state index in [1.165, 1.54) is 0 Å². The topological polar surface area (TPSA) is 23.1 Å². The first-order chi connectivity index (χ1) is 7.86. The number of hydrogen-bond acceptors (Lipinski definition) is 1. The summed E-state index contributed by atoms with van der Waals surface area (Å²) >= 11 is 0. The van der Waals surface area contributed by atoms with Crippen LogP contribution in [0, 0.1) is 23.0 Å². The number of hydrogen-bond donors (Lipinski definition) is 0. The van der Waals surface area contributed by atoms with Crippen LogP contribution in [0.3, 0.4) is 0 Å². The standard InChI is InChI=1S/C15H33NO/c1-7-13(4)10-16(17,11-14(5)8-2)12-15(6)9-3/h13-15H,7-12H2,1-6H3. The Morgan fingerprint density at radius 1 is 0.706 bits per heavy atom. The van der Waals surface area contributed by atoms with Crippen LogP contribution >= 0.6 is 0 Å². The Balaban J connectivity index is 4.55. The normalized spacial score (nSPS) is 20.6. The molecule has 0 spiro atoms. The molecule has 0 aliphatic rings. The summed E-state index contributed by atoms with van der Waals surface area (Å²) in [6.07, 6.45) is 3.34. The van der Waals surface area contributed by atoms with Crippen LogP contribution in [0.2, 0.25) is 0 Å². The fourth-order valence-electron chi connectivity index (χ4n) is 2.31. The van der Waals surface area contributed by atoms with Crippen LogP contribution in [0.15, 0.2) is 0 Å². The van der Waals surface area contributed by atoms with Gasteiger partial charge in [0.2, 0.25) is 0 Å². The van der Waals surface area contributed by atoms with Crippen molar-refractivity contribution in [3.05, 3.63) is 5.21 Å². The SMILES string of the molecule is CCC(C)C[N+]([O-])(CC(C)CC)CC(C)CC. The number of hydroxylamine groups is 3. The van der Waals surface area contributed by atoms with Crippen LogP contribution in [-0.2, 0) is 0 Å². The van der Waals surface area contributed by atoms with E-state index in [2.05, 4.69) is 41.5 Å². The average molecular weight is 243 g/mol. The molecule has 3 unspecified atom stereocenters. The molecule has 0 saturated heterocycles. The number of rotatable bonds is 9. The molecule has 0 saturated carbocycles. The van der Waals surface area contributed by atoms with Gasteiger partial charge in [-0.25, -0.2) is 0 Å². The van der Waals surface area contributed by atoms with Gasteiger partial charge in [-0.15, -0.1) is 0 Å². The van der Waals surface area contributed by atoms with Crippen molar-refractivity contribution in [1.82, 2.24) is 0 Å². The van der Waals surface area contributed by atoms with Crippen molar-refractivity contribution in [2.45, 2.75) is 60.8 Å². The van der Waals surface area contributed by atoms with Crippen molar-refractivity contribution in [1.29, 1.82) is 0 Å². The molecule has 0 amide bonds. The molecule has 3 atom stereocenters. The van der Waals surface area contributed by atoms with Crippen molar-refractivity contribution in [3.63, 3.8) is 0 Å². The molecule has 0 heterocycles. The molecular weight excluding hydrogens is 210 g/mol. The molecule has 0 aromatic rings. The van der Waals surface area contributed by atoms with E-state index in [1.54, 1.807) is 0 Å². The highest BCUT2D eigenvalue weighted by Crippen LogP contribution is 2.20. The number of nitrogens with zero attached hydrogens (tertiary/aromatic N) is 1. The first-order valence-electron chi connectivity index (χ1n) is 7.43. The summed E-state index contributed by atoms with van der Waals surface area (Å²) in [6.45, 7) is 15.6. The lowest BCUT2D eigenvalue weighted by Gasteiger charge is -2.47. The van der Waals surface area contributed by atoms with Crippen molar-refractivity contribution in [2.75, 3.05) is 19.6 Å². The van der Waals surface area contributed by atoms with Crippen LogP contribution in [0.1, 0.15) is 60.8 Å². The summed E-state index contributed by atoms with van der Waals surface area (Å²) in [5.41, 5.74) is 0. The van der Waals surface area contributed by atoms with Gasteiger partial charge in [0, 0.05) is 17.8 Å². The molecule has 0 radical (unpaired) electrons. The summed E-state index contributed by atoms with van der Waals surface area (Å²) < 4.78 is 0.0268. The second kappa shape index (κ2) is 8.10. The van der Waals surface area contributed by atoms with Gasteiger partial charge in [0.05, 0.1) is 19.6 Å². The fourth-order valence-corrected chi connectivity index (χ4v) is 2.31. The van der Waals surface area contributed by atoms with Gasteiger partial charge in [-0.2, -0.15) is 0 Å². The van der Waals surface area contributed by atoms with E-state index in [1.807, 2.05) is 0 Å². The van der Waals surface area contributed by atoms with E-state index < -0.39 is 0 Å². The Hall–Kier alpha value is -0.0800. The highest BCUT2D eigenvalue weighted by Gasteiger charge is 2.24. The molecule has 17 heavy (non-hydrogen) atoms. The van der Waals surface area contributed by atoms with Gasteiger partial charge < -0.3 is 9.85 Å². The minimum atomic E-state index is 0.0268. The zero-order chi connectivity index (χ0) is 13.5. The molecule has 0 aliphatic carbocycles. The second-order valence-corrected chi connectivity index (χ2v) is 6.15. The smallest absolute Gasteiger partial charge is 0.0809 e. The van der Waals surface area contributed by atoms with Crippen molar-refractivity contribution in [2.24, 2.45) is 17.8 Å². The summed E-state index contributed by atoms with van der Waals surface area (Å²) in [7, 11) is 0. The van der Waals surface area contributed by atoms with Gasteiger partial charge in [0.25, 0.3) is 0 Å². The van der Waals surface area contributed by atoms with Crippen molar-refractivity contribution < 1.29 is 4.65 Å². The Bertz CT molecular complexity index is 162. The highest BCUT2D eigenvalue weighted by atomic mass is 16.5. The van der Waals surface area contributed by atoms with Crippen molar-refractivity contribution in [3.8, 4) is 0 Å². The molecule has 0 N–H and O–H groups in total. The Morgan fingerprint density at radius 2 is 0.941 bits per heavy atom. The maximum Gasteiger partial charge on any atom is 0.0809 e. The lowest BCUT2D eigenvalue weighted by Crippen LogP contribution is -2.50. The zero-order valence-corrected chi connectivity index (χ0v) is 12.8. The van der Waals surface area contributed by atoms with Gasteiger partial charge in [-0.1, -0.05) is 41.5 Å². The summed E-state index contributed by atoms with van der Waals surface area (Å²) in [5, 5.41) is 12.9. The minimum Gasteiger partial charge on any atom is -0.633 e. The van der Waals surface area contributed by atoms with E-state index >= 15 is 0 Å². The predicted octanol–water partition coefficient (Wildman–Crippen LogP) is 4.44. The first-order valence-corrected chi connectivity index (χ1v) is 7.43. The maximum absolute atomic E-state index is 12.9. The molecule has 0 aromatic heterocycles. The zero-order valence-electron chi connectivity index (χ0n) is 12.8. The maximum atomic E-state index is 12.9. The van der Waals surface area contributed by atoms with Gasteiger partial charge in [-0.3, -0.25) is 0 Å². The molecule has 0 bridgehead atoms. The van der Waals surface area contributed by atoms with Crippen LogP contribution < -0.4 is 0 Å². The van der Waals surface area contributed by atoms with Gasteiger partial charge in [-0.05, 0) is 19.3 Å². The first kappa shape index (κ1) is 16.9. The Labute approximate surface area is 109 Å². The third-order valence-electron chi connectivity index (χ3n) is 4.02. The van der Waals surface area contributed by atoms with Crippen LogP contribution in [0.25, 0.3) is 0 Å².